The van der Waals surface area contributed by atoms with Crippen LogP contribution in [0.25, 0.3) is 0 Å². The maximum atomic E-state index is 13.1. The molecule has 4 rings (SSSR count). The minimum absolute atomic E-state index is 0.110. The van der Waals surface area contributed by atoms with Crippen molar-refractivity contribution in [3.8, 4) is 0 Å². The van der Waals surface area contributed by atoms with Crippen molar-refractivity contribution < 1.29 is 9.59 Å². The lowest BCUT2D eigenvalue weighted by atomic mass is 9.62. The minimum Gasteiger partial charge on any atom is -0.299 e. The zero-order chi connectivity index (χ0) is 19.6. The van der Waals surface area contributed by atoms with E-state index in [-0.39, 0.29) is 17.7 Å². The van der Waals surface area contributed by atoms with Crippen LogP contribution in [0.2, 0.25) is 0 Å². The van der Waals surface area contributed by atoms with Gasteiger partial charge in [-0.25, -0.2) is 0 Å². The molecular weight excluding hydrogens is 412 g/mol. The molecule has 2 saturated heterocycles. The highest BCUT2D eigenvalue weighted by Gasteiger charge is 2.50. The van der Waals surface area contributed by atoms with Crippen LogP contribution in [0.3, 0.4) is 0 Å². The van der Waals surface area contributed by atoms with Crippen molar-refractivity contribution in [1.29, 1.82) is 0 Å². The summed E-state index contributed by atoms with van der Waals surface area (Å²) in [6.45, 7) is 2.87. The van der Waals surface area contributed by atoms with Gasteiger partial charge < -0.3 is 0 Å². The molecule has 0 bridgehead atoms. The van der Waals surface area contributed by atoms with Crippen molar-refractivity contribution in [3.63, 3.8) is 0 Å². The molecule has 0 unspecified atom stereocenters. The number of piperidine rings is 2. The van der Waals surface area contributed by atoms with Gasteiger partial charge in [-0.15, -0.1) is 0 Å². The summed E-state index contributed by atoms with van der Waals surface area (Å²) < 4.78 is 1.10. The summed E-state index contributed by atoms with van der Waals surface area (Å²) >= 11 is 3.49. The number of carbonyl (C=O) groups excluding carboxylic acids is 2. The molecule has 0 radical (unpaired) electrons. The number of nitrogens with zero attached hydrogens (tertiary/aromatic N) is 1. The van der Waals surface area contributed by atoms with E-state index in [0.717, 1.165) is 42.5 Å². The Morgan fingerprint density at radius 1 is 1.00 bits per heavy atom. The van der Waals surface area contributed by atoms with E-state index >= 15 is 0 Å². The zero-order valence-corrected chi connectivity index (χ0v) is 17.5. The molecule has 28 heavy (non-hydrogen) atoms. The molecule has 0 aliphatic carbocycles. The van der Waals surface area contributed by atoms with Gasteiger partial charge in [0.2, 0.25) is 11.8 Å². The Labute approximate surface area is 174 Å². The van der Waals surface area contributed by atoms with Gasteiger partial charge in [-0.05, 0) is 61.5 Å². The van der Waals surface area contributed by atoms with Crippen molar-refractivity contribution in [2.24, 2.45) is 5.92 Å². The molecule has 2 aliphatic heterocycles. The Morgan fingerprint density at radius 3 is 2.32 bits per heavy atom. The van der Waals surface area contributed by atoms with Crippen LogP contribution < -0.4 is 5.32 Å². The van der Waals surface area contributed by atoms with Gasteiger partial charge >= 0.3 is 0 Å². The molecule has 1 N–H and O–H groups in total. The Hall–Kier alpha value is -1.98. The fourth-order valence-corrected chi connectivity index (χ4v) is 5.06. The molecule has 2 aromatic rings. The zero-order valence-electron chi connectivity index (χ0n) is 15.9. The van der Waals surface area contributed by atoms with E-state index in [4.69, 9.17) is 0 Å². The third kappa shape index (κ3) is 3.78. The molecule has 2 fully saturated rings. The molecule has 2 aliphatic rings. The Balaban J connectivity index is 1.51. The largest absolute Gasteiger partial charge is 0.299 e. The number of hydrogen-bond donors (Lipinski definition) is 1. The number of halogens is 1. The van der Waals surface area contributed by atoms with Gasteiger partial charge in [0.25, 0.3) is 0 Å². The molecule has 146 valence electrons. The van der Waals surface area contributed by atoms with Crippen molar-refractivity contribution in [3.05, 3.63) is 70.2 Å². The van der Waals surface area contributed by atoms with E-state index in [9.17, 15) is 9.59 Å². The average Bonchev–Trinajstić information content (AvgIpc) is 2.72. The first-order valence-electron chi connectivity index (χ1n) is 9.94. The third-order valence-electron chi connectivity index (χ3n) is 6.30. The van der Waals surface area contributed by atoms with Gasteiger partial charge in [0, 0.05) is 17.4 Å². The first-order valence-corrected chi connectivity index (χ1v) is 10.7. The van der Waals surface area contributed by atoms with E-state index in [2.05, 4.69) is 50.4 Å². The third-order valence-corrected chi connectivity index (χ3v) is 6.83. The van der Waals surface area contributed by atoms with Gasteiger partial charge in [0.1, 0.15) is 0 Å². The second-order valence-electron chi connectivity index (χ2n) is 7.89. The maximum Gasteiger partial charge on any atom is 0.237 e. The second kappa shape index (κ2) is 8.18. The van der Waals surface area contributed by atoms with Crippen LogP contribution in [-0.4, -0.2) is 29.8 Å². The Morgan fingerprint density at radius 2 is 1.68 bits per heavy atom. The second-order valence-corrected chi connectivity index (χ2v) is 8.81. The summed E-state index contributed by atoms with van der Waals surface area (Å²) in [5.41, 5.74) is 1.77. The fourth-order valence-electron chi connectivity index (χ4n) is 4.79. The van der Waals surface area contributed by atoms with Crippen LogP contribution in [0, 0.1) is 5.92 Å². The Kier molecular flexibility index (Phi) is 5.65. The van der Waals surface area contributed by atoms with Crippen LogP contribution in [0.5, 0.6) is 0 Å². The minimum atomic E-state index is -0.584. The number of hydrogen-bond acceptors (Lipinski definition) is 3. The highest BCUT2D eigenvalue weighted by atomic mass is 75.9. The predicted octanol–water partition coefficient (Wildman–Crippen LogP) is 4.04. The molecular formula is C23H25BrN2O2. The number of benzene rings is 2. The SMILES string of the molecule is O=C1CC[C@@](c2ccccc2)(C2CCN(Cc3ccc([76Br])cc3)CC2)C(=O)N1. The van der Waals surface area contributed by atoms with Crippen molar-refractivity contribution in [2.45, 2.75) is 37.6 Å². The lowest BCUT2D eigenvalue weighted by Crippen LogP contribution is -2.57. The maximum absolute atomic E-state index is 13.1. The van der Waals surface area contributed by atoms with Crippen molar-refractivity contribution in [1.82, 2.24) is 10.2 Å². The average molecular weight is 437 g/mol. The van der Waals surface area contributed by atoms with Crippen LogP contribution in [0.15, 0.2) is 59.1 Å². The molecule has 4 nitrogen and oxygen atoms in total. The summed E-state index contributed by atoms with van der Waals surface area (Å²) in [6, 6.07) is 18.5. The normalized spacial score (nSPS) is 24.2. The number of likely N-dealkylation sites (tertiary alicyclic amines) is 1. The van der Waals surface area contributed by atoms with Crippen LogP contribution in [-0.2, 0) is 21.5 Å². The van der Waals surface area contributed by atoms with E-state index in [1.807, 2.05) is 30.3 Å². The monoisotopic (exact) mass is 437 g/mol. The first-order chi connectivity index (χ1) is 13.6. The summed E-state index contributed by atoms with van der Waals surface area (Å²) in [4.78, 5) is 27.4. The summed E-state index contributed by atoms with van der Waals surface area (Å²) in [7, 11) is 0. The van der Waals surface area contributed by atoms with E-state index in [1.165, 1.54) is 5.56 Å². The lowest BCUT2D eigenvalue weighted by molar-refractivity contribution is -0.140. The molecule has 0 aromatic heterocycles. The highest BCUT2D eigenvalue weighted by molar-refractivity contribution is 9.10. The lowest BCUT2D eigenvalue weighted by Gasteiger charge is -2.45. The smallest absolute Gasteiger partial charge is 0.237 e. The molecule has 2 aromatic carbocycles. The standard InChI is InChI=1S/C23H25BrN2O2/c24-20-8-6-17(7-9-20)16-26-14-11-19(12-15-26)23(18-4-2-1-3-5-18)13-10-21(27)25-22(23)28/h1-9,19H,10-16H2,(H,25,27,28)/t23-/m1/s1/i24-4. The van der Waals surface area contributed by atoms with Gasteiger partial charge in [-0.1, -0.05) is 58.4 Å². The topological polar surface area (TPSA) is 49.4 Å². The van der Waals surface area contributed by atoms with E-state index in [1.54, 1.807) is 0 Å². The van der Waals surface area contributed by atoms with Crippen molar-refractivity contribution in [2.75, 3.05) is 13.1 Å². The summed E-state index contributed by atoms with van der Waals surface area (Å²) in [5, 5.41) is 2.63. The van der Waals surface area contributed by atoms with Crippen LogP contribution in [0.1, 0.15) is 36.8 Å². The van der Waals surface area contributed by atoms with Crippen LogP contribution >= 0.6 is 15.9 Å². The molecule has 0 spiro atoms. The van der Waals surface area contributed by atoms with Gasteiger partial charge in [0.15, 0.2) is 0 Å². The number of carbonyl (C=O) groups is 2. The molecule has 1 atom stereocenters. The molecule has 0 saturated carbocycles. The number of amides is 2. The van der Waals surface area contributed by atoms with E-state index in [0.29, 0.717) is 12.8 Å². The molecule has 2 heterocycles. The van der Waals surface area contributed by atoms with Crippen LogP contribution in [0.4, 0.5) is 0 Å². The van der Waals surface area contributed by atoms with Gasteiger partial charge in [-0.3, -0.25) is 19.8 Å². The van der Waals surface area contributed by atoms with Crippen molar-refractivity contribution >= 4 is 27.7 Å². The summed E-state index contributed by atoms with van der Waals surface area (Å²) in [6.07, 6.45) is 2.96. The molecule has 5 heteroatoms. The number of nitrogens with one attached hydrogen (secondary N) is 1. The Bertz CT molecular complexity index is 845. The fraction of sp³-hybridized carbons (Fsp3) is 0.391. The number of rotatable bonds is 4. The quantitative estimate of drug-likeness (QED) is 0.735. The van der Waals surface area contributed by atoms with E-state index < -0.39 is 5.41 Å². The number of imide groups is 1. The molecule has 2 amide bonds. The van der Waals surface area contributed by atoms with Gasteiger partial charge in [-0.2, -0.15) is 0 Å². The first kappa shape index (κ1) is 19.3. The van der Waals surface area contributed by atoms with Gasteiger partial charge in [0.05, 0.1) is 5.41 Å². The summed E-state index contributed by atoms with van der Waals surface area (Å²) in [5.74, 6) is -0.00490. The predicted molar refractivity (Wildman–Crippen MR) is 113 cm³/mol. The highest BCUT2D eigenvalue weighted by Crippen LogP contribution is 2.44.